The lowest BCUT2D eigenvalue weighted by atomic mass is 9.95. The van der Waals surface area contributed by atoms with Crippen LogP contribution in [-0.4, -0.2) is 56.0 Å². The summed E-state index contributed by atoms with van der Waals surface area (Å²) >= 11 is 0. The maximum absolute atomic E-state index is 6.18. The monoisotopic (exact) mass is 242 g/mol. The van der Waals surface area contributed by atoms with Crippen LogP contribution in [0.2, 0.25) is 0 Å². The predicted molar refractivity (Wildman–Crippen MR) is 68.0 cm³/mol. The van der Waals surface area contributed by atoms with Gasteiger partial charge in [0.05, 0.1) is 19.3 Å². The van der Waals surface area contributed by atoms with Gasteiger partial charge in [-0.15, -0.1) is 0 Å². The van der Waals surface area contributed by atoms with Crippen LogP contribution in [0.4, 0.5) is 0 Å². The topological polar surface area (TPSA) is 47.7 Å². The maximum atomic E-state index is 6.18. The molecule has 0 radical (unpaired) electrons. The van der Waals surface area contributed by atoms with E-state index < -0.39 is 0 Å². The van der Waals surface area contributed by atoms with Gasteiger partial charge in [0, 0.05) is 37.7 Å². The minimum absolute atomic E-state index is 0.305. The molecular formula is C13H26N2O2. The molecule has 2 heterocycles. The summed E-state index contributed by atoms with van der Waals surface area (Å²) in [5.74, 6) is 0.489. The molecule has 17 heavy (non-hydrogen) atoms. The molecule has 100 valence electrons. The van der Waals surface area contributed by atoms with Crippen molar-refractivity contribution in [3.8, 4) is 0 Å². The Morgan fingerprint density at radius 2 is 2.18 bits per heavy atom. The van der Waals surface area contributed by atoms with Gasteiger partial charge in [0.25, 0.3) is 0 Å². The molecule has 0 aliphatic carbocycles. The zero-order valence-corrected chi connectivity index (χ0v) is 11.1. The highest BCUT2D eigenvalue weighted by Crippen LogP contribution is 2.20. The van der Waals surface area contributed by atoms with E-state index in [1.165, 1.54) is 0 Å². The lowest BCUT2D eigenvalue weighted by Crippen LogP contribution is -2.53. The van der Waals surface area contributed by atoms with Crippen LogP contribution < -0.4 is 5.73 Å². The fourth-order valence-corrected chi connectivity index (χ4v) is 2.82. The van der Waals surface area contributed by atoms with Crippen LogP contribution in [0.5, 0.6) is 0 Å². The smallest absolute Gasteiger partial charge is 0.0674 e. The number of nitrogens with zero attached hydrogens (tertiary/aromatic N) is 1. The maximum Gasteiger partial charge on any atom is 0.0674 e. The molecule has 0 amide bonds. The standard InChI is InChI=1S/C13H26N2O2/c1-3-12-9-17-10(2)6-15(12)7-11-8-16-5-4-13(11)14/h10-13H,3-9,14H2,1-2H3. The van der Waals surface area contributed by atoms with E-state index in [4.69, 9.17) is 15.2 Å². The fraction of sp³-hybridized carbons (Fsp3) is 1.00. The number of morpholine rings is 1. The Hall–Kier alpha value is -0.160. The third-order valence-electron chi connectivity index (χ3n) is 4.05. The van der Waals surface area contributed by atoms with E-state index >= 15 is 0 Å². The van der Waals surface area contributed by atoms with Crippen molar-refractivity contribution in [3.63, 3.8) is 0 Å². The second-order valence-corrected chi connectivity index (χ2v) is 5.45. The highest BCUT2D eigenvalue weighted by atomic mass is 16.5. The Kier molecular flexibility index (Phi) is 4.79. The van der Waals surface area contributed by atoms with Gasteiger partial charge in [-0.05, 0) is 19.8 Å². The molecule has 4 heteroatoms. The van der Waals surface area contributed by atoms with Crippen LogP contribution in [0, 0.1) is 5.92 Å². The molecule has 2 fully saturated rings. The molecule has 0 aromatic carbocycles. The largest absolute Gasteiger partial charge is 0.381 e. The summed E-state index contributed by atoms with van der Waals surface area (Å²) in [6.45, 7) is 8.98. The zero-order chi connectivity index (χ0) is 12.3. The molecule has 0 saturated carbocycles. The molecule has 4 unspecified atom stereocenters. The summed E-state index contributed by atoms with van der Waals surface area (Å²) in [5.41, 5.74) is 6.18. The molecule has 2 aliphatic rings. The number of rotatable bonds is 3. The number of hydrogen-bond acceptors (Lipinski definition) is 4. The Balaban J connectivity index is 1.90. The van der Waals surface area contributed by atoms with Gasteiger partial charge < -0.3 is 15.2 Å². The van der Waals surface area contributed by atoms with E-state index in [2.05, 4.69) is 18.7 Å². The van der Waals surface area contributed by atoms with Crippen molar-refractivity contribution in [1.29, 1.82) is 0 Å². The Morgan fingerprint density at radius 3 is 2.88 bits per heavy atom. The molecule has 0 spiro atoms. The molecule has 4 nitrogen and oxygen atoms in total. The molecule has 4 atom stereocenters. The van der Waals surface area contributed by atoms with E-state index in [9.17, 15) is 0 Å². The van der Waals surface area contributed by atoms with Crippen molar-refractivity contribution in [1.82, 2.24) is 4.90 Å². The lowest BCUT2D eigenvalue weighted by Gasteiger charge is -2.41. The molecule has 0 bridgehead atoms. The minimum Gasteiger partial charge on any atom is -0.381 e. The van der Waals surface area contributed by atoms with Gasteiger partial charge >= 0.3 is 0 Å². The van der Waals surface area contributed by atoms with Gasteiger partial charge in [-0.1, -0.05) is 6.92 Å². The van der Waals surface area contributed by atoms with Crippen LogP contribution in [0.25, 0.3) is 0 Å². The van der Waals surface area contributed by atoms with Crippen molar-refractivity contribution in [2.45, 2.75) is 44.9 Å². The highest BCUT2D eigenvalue weighted by Gasteiger charge is 2.30. The van der Waals surface area contributed by atoms with Gasteiger partial charge in [0.15, 0.2) is 0 Å². The van der Waals surface area contributed by atoms with E-state index in [0.717, 1.165) is 45.8 Å². The average molecular weight is 242 g/mol. The van der Waals surface area contributed by atoms with Crippen molar-refractivity contribution in [3.05, 3.63) is 0 Å². The first-order chi connectivity index (χ1) is 8.20. The summed E-state index contributed by atoms with van der Waals surface area (Å²) in [7, 11) is 0. The van der Waals surface area contributed by atoms with Crippen LogP contribution in [-0.2, 0) is 9.47 Å². The van der Waals surface area contributed by atoms with Crippen LogP contribution in [0.1, 0.15) is 26.7 Å². The van der Waals surface area contributed by atoms with E-state index in [1.54, 1.807) is 0 Å². The first-order valence-corrected chi connectivity index (χ1v) is 6.89. The quantitative estimate of drug-likeness (QED) is 0.797. The van der Waals surface area contributed by atoms with E-state index in [1.807, 2.05) is 0 Å². The molecule has 0 aromatic rings. The normalized spacial score (nSPS) is 40.4. The Bertz CT molecular complexity index is 237. The number of nitrogens with two attached hydrogens (primary N) is 1. The van der Waals surface area contributed by atoms with Gasteiger partial charge in [0.2, 0.25) is 0 Å². The number of ether oxygens (including phenoxy) is 2. The average Bonchev–Trinajstić information content (AvgIpc) is 2.32. The molecular weight excluding hydrogens is 216 g/mol. The van der Waals surface area contributed by atoms with Crippen LogP contribution >= 0.6 is 0 Å². The number of hydrogen-bond donors (Lipinski definition) is 1. The SMILES string of the molecule is CCC1COC(C)CN1CC1COCCC1N. The van der Waals surface area contributed by atoms with Gasteiger partial charge in [0.1, 0.15) is 0 Å². The summed E-state index contributed by atoms with van der Waals surface area (Å²) in [6, 6.07) is 0.861. The summed E-state index contributed by atoms with van der Waals surface area (Å²) in [5, 5.41) is 0. The first kappa shape index (κ1) is 13.3. The van der Waals surface area contributed by atoms with E-state index in [0.29, 0.717) is 24.1 Å². The zero-order valence-electron chi connectivity index (χ0n) is 11.1. The van der Waals surface area contributed by atoms with Crippen molar-refractivity contribution < 1.29 is 9.47 Å². The van der Waals surface area contributed by atoms with Crippen molar-refractivity contribution >= 4 is 0 Å². The third kappa shape index (κ3) is 3.41. The van der Waals surface area contributed by atoms with Crippen LogP contribution in [0.15, 0.2) is 0 Å². The molecule has 2 rings (SSSR count). The van der Waals surface area contributed by atoms with E-state index in [-0.39, 0.29) is 0 Å². The summed E-state index contributed by atoms with van der Waals surface area (Å²) in [6.07, 6.45) is 2.50. The second kappa shape index (κ2) is 6.14. The highest BCUT2D eigenvalue weighted by molar-refractivity contribution is 4.84. The van der Waals surface area contributed by atoms with Gasteiger partial charge in [-0.3, -0.25) is 4.90 Å². The summed E-state index contributed by atoms with van der Waals surface area (Å²) in [4.78, 5) is 2.55. The van der Waals surface area contributed by atoms with Crippen molar-refractivity contribution in [2.75, 3.05) is 32.9 Å². The van der Waals surface area contributed by atoms with Gasteiger partial charge in [-0.25, -0.2) is 0 Å². The molecule has 2 aliphatic heterocycles. The summed E-state index contributed by atoms with van der Waals surface area (Å²) < 4.78 is 11.3. The fourth-order valence-electron chi connectivity index (χ4n) is 2.82. The molecule has 0 aromatic heterocycles. The minimum atomic E-state index is 0.305. The molecule has 2 N–H and O–H groups in total. The predicted octanol–water partition coefficient (Wildman–Crippen LogP) is 0.850. The lowest BCUT2D eigenvalue weighted by molar-refractivity contribution is -0.0710. The van der Waals surface area contributed by atoms with Crippen LogP contribution in [0.3, 0.4) is 0 Å². The first-order valence-electron chi connectivity index (χ1n) is 6.89. The van der Waals surface area contributed by atoms with Crippen molar-refractivity contribution in [2.24, 2.45) is 11.7 Å². The molecule has 2 saturated heterocycles. The third-order valence-corrected chi connectivity index (χ3v) is 4.05. The van der Waals surface area contributed by atoms with Gasteiger partial charge in [-0.2, -0.15) is 0 Å². The Labute approximate surface area is 104 Å². The Morgan fingerprint density at radius 1 is 1.35 bits per heavy atom. The second-order valence-electron chi connectivity index (χ2n) is 5.45.